The number of nitro benzene ring substituents is 1. The summed E-state index contributed by atoms with van der Waals surface area (Å²) in [5, 5.41) is 14.4. The van der Waals surface area contributed by atoms with Crippen LogP contribution in [-0.2, 0) is 10.0 Å². The number of nitrogens with zero attached hydrogens (tertiary/aromatic N) is 1. The highest BCUT2D eigenvalue weighted by Gasteiger charge is 2.39. The molecular formula is C16H16FN3O4S. The number of anilines is 1. The molecule has 9 heteroatoms. The second kappa shape index (κ2) is 6.41. The third kappa shape index (κ3) is 3.62. The summed E-state index contributed by atoms with van der Waals surface area (Å²) in [6, 6.07) is 9.87. The van der Waals surface area contributed by atoms with Crippen LogP contribution >= 0.6 is 0 Å². The normalized spacial score (nSPS) is 19.4. The lowest BCUT2D eigenvalue weighted by atomic mass is 10.1. The van der Waals surface area contributed by atoms with Gasteiger partial charge in [0.25, 0.3) is 5.69 Å². The van der Waals surface area contributed by atoms with Gasteiger partial charge < -0.3 is 5.32 Å². The third-order valence-corrected chi connectivity index (χ3v) is 5.59. The maximum absolute atomic E-state index is 13.0. The molecule has 0 bridgehead atoms. The van der Waals surface area contributed by atoms with E-state index in [1.165, 1.54) is 31.3 Å². The summed E-state index contributed by atoms with van der Waals surface area (Å²) in [5.41, 5.74) is 0.909. The van der Waals surface area contributed by atoms with Gasteiger partial charge in [-0.05, 0) is 43.3 Å². The summed E-state index contributed by atoms with van der Waals surface area (Å²) in [6.45, 7) is 0. The fourth-order valence-corrected chi connectivity index (χ4v) is 3.45. The average molecular weight is 365 g/mol. The van der Waals surface area contributed by atoms with E-state index < -0.39 is 14.9 Å². The first-order chi connectivity index (χ1) is 11.8. The van der Waals surface area contributed by atoms with Crippen LogP contribution in [0, 0.1) is 15.9 Å². The first-order valence-corrected chi connectivity index (χ1v) is 9.04. The van der Waals surface area contributed by atoms with Gasteiger partial charge in [0.05, 0.1) is 9.82 Å². The van der Waals surface area contributed by atoms with Crippen LogP contribution in [0.1, 0.15) is 17.9 Å². The van der Waals surface area contributed by atoms with Crippen molar-refractivity contribution in [3.8, 4) is 0 Å². The van der Waals surface area contributed by atoms with Gasteiger partial charge in [0.2, 0.25) is 10.0 Å². The number of rotatable bonds is 6. The molecule has 2 aromatic carbocycles. The minimum absolute atomic E-state index is 0.0177. The fraction of sp³-hybridized carbons (Fsp3) is 0.250. The summed E-state index contributed by atoms with van der Waals surface area (Å²) in [4.78, 5) is 10.5. The molecule has 132 valence electrons. The Morgan fingerprint density at radius 3 is 2.48 bits per heavy atom. The van der Waals surface area contributed by atoms with Crippen molar-refractivity contribution in [2.75, 3.05) is 12.4 Å². The van der Waals surface area contributed by atoms with Crippen molar-refractivity contribution in [2.24, 2.45) is 0 Å². The number of hydrogen-bond acceptors (Lipinski definition) is 5. The Morgan fingerprint density at radius 2 is 1.88 bits per heavy atom. The lowest BCUT2D eigenvalue weighted by Crippen LogP contribution is -2.19. The van der Waals surface area contributed by atoms with Crippen LogP contribution < -0.4 is 10.0 Å². The highest BCUT2D eigenvalue weighted by Crippen LogP contribution is 2.44. The second-order valence-electron chi connectivity index (χ2n) is 5.79. The number of nitrogens with one attached hydrogen (secondary N) is 2. The molecule has 2 N–H and O–H groups in total. The zero-order valence-electron chi connectivity index (χ0n) is 13.3. The van der Waals surface area contributed by atoms with E-state index in [0.717, 1.165) is 18.1 Å². The number of sulfonamides is 1. The molecule has 0 spiro atoms. The van der Waals surface area contributed by atoms with Gasteiger partial charge in [0, 0.05) is 18.0 Å². The molecule has 2 atom stereocenters. The topological polar surface area (TPSA) is 101 Å². The van der Waals surface area contributed by atoms with Crippen molar-refractivity contribution in [1.82, 2.24) is 4.72 Å². The summed E-state index contributed by atoms with van der Waals surface area (Å²) >= 11 is 0. The Kier molecular flexibility index (Phi) is 4.44. The minimum atomic E-state index is -3.76. The predicted molar refractivity (Wildman–Crippen MR) is 90.5 cm³/mol. The van der Waals surface area contributed by atoms with Crippen molar-refractivity contribution in [3.05, 3.63) is 64.0 Å². The zero-order chi connectivity index (χ0) is 18.2. The van der Waals surface area contributed by atoms with E-state index in [1.807, 2.05) is 0 Å². The van der Waals surface area contributed by atoms with E-state index in [-0.39, 0.29) is 34.0 Å². The van der Waals surface area contributed by atoms with Crippen LogP contribution in [0.4, 0.5) is 15.8 Å². The molecule has 3 rings (SSSR count). The Morgan fingerprint density at radius 1 is 1.20 bits per heavy atom. The third-order valence-electron chi connectivity index (χ3n) is 4.17. The smallest absolute Gasteiger partial charge is 0.293 e. The van der Waals surface area contributed by atoms with Crippen LogP contribution in [0.2, 0.25) is 0 Å². The minimum Gasteiger partial charge on any atom is -0.376 e. The highest BCUT2D eigenvalue weighted by atomic mass is 32.2. The van der Waals surface area contributed by atoms with Crippen molar-refractivity contribution >= 4 is 21.4 Å². The number of benzene rings is 2. The maximum atomic E-state index is 13.0. The van der Waals surface area contributed by atoms with Gasteiger partial charge in [-0.25, -0.2) is 17.5 Å². The van der Waals surface area contributed by atoms with Crippen LogP contribution in [0.15, 0.2) is 47.4 Å². The molecule has 2 aromatic rings. The number of hydrogen-bond donors (Lipinski definition) is 2. The molecule has 0 heterocycles. The average Bonchev–Trinajstić information content (AvgIpc) is 3.34. The summed E-state index contributed by atoms with van der Waals surface area (Å²) in [6.07, 6.45) is 0.763. The lowest BCUT2D eigenvalue weighted by Gasteiger charge is -2.09. The molecule has 7 nitrogen and oxygen atoms in total. The molecule has 0 aromatic heterocycles. The van der Waals surface area contributed by atoms with E-state index in [9.17, 15) is 22.9 Å². The summed E-state index contributed by atoms with van der Waals surface area (Å²) in [7, 11) is -2.52. The standard InChI is InChI=1S/C16H16FN3O4S/c1-18-25(23,24)12-6-7-14(16(8-12)20(21)22)19-15-9-13(15)10-2-4-11(17)5-3-10/h2-8,13,15,18-19H,9H2,1H3/t13-,15+/m0/s1. The molecular weight excluding hydrogens is 349 g/mol. The van der Waals surface area contributed by atoms with Gasteiger partial charge in [-0.3, -0.25) is 10.1 Å². The highest BCUT2D eigenvalue weighted by molar-refractivity contribution is 7.89. The predicted octanol–water partition coefficient (Wildman–Crippen LogP) is 2.61. The van der Waals surface area contributed by atoms with Gasteiger partial charge in [-0.2, -0.15) is 0 Å². The van der Waals surface area contributed by atoms with Crippen molar-refractivity contribution in [1.29, 1.82) is 0 Å². The van der Waals surface area contributed by atoms with E-state index in [2.05, 4.69) is 10.0 Å². The molecule has 0 saturated heterocycles. The molecule has 25 heavy (non-hydrogen) atoms. The van der Waals surface area contributed by atoms with Gasteiger partial charge in [-0.1, -0.05) is 12.1 Å². The largest absolute Gasteiger partial charge is 0.376 e. The Balaban J connectivity index is 1.81. The van der Waals surface area contributed by atoms with Crippen LogP contribution in [0.5, 0.6) is 0 Å². The first kappa shape index (κ1) is 17.3. The number of nitro groups is 1. The fourth-order valence-electron chi connectivity index (χ4n) is 2.70. The van der Waals surface area contributed by atoms with Crippen molar-refractivity contribution in [3.63, 3.8) is 0 Å². The van der Waals surface area contributed by atoms with E-state index in [1.54, 1.807) is 12.1 Å². The van der Waals surface area contributed by atoms with Crippen molar-refractivity contribution in [2.45, 2.75) is 23.3 Å². The van der Waals surface area contributed by atoms with Crippen LogP contribution in [0.3, 0.4) is 0 Å². The summed E-state index contributed by atoms with van der Waals surface area (Å²) < 4.78 is 38.7. The molecule has 1 saturated carbocycles. The quantitative estimate of drug-likeness (QED) is 0.605. The zero-order valence-corrected chi connectivity index (χ0v) is 14.1. The molecule has 0 amide bonds. The maximum Gasteiger partial charge on any atom is 0.293 e. The van der Waals surface area contributed by atoms with Crippen molar-refractivity contribution < 1.29 is 17.7 Å². The number of halogens is 1. The summed E-state index contributed by atoms with van der Waals surface area (Å²) in [5.74, 6) is -0.174. The molecule has 0 unspecified atom stereocenters. The monoisotopic (exact) mass is 365 g/mol. The van der Waals surface area contributed by atoms with Gasteiger partial charge in [0.1, 0.15) is 11.5 Å². The second-order valence-corrected chi connectivity index (χ2v) is 7.67. The van der Waals surface area contributed by atoms with E-state index in [4.69, 9.17) is 0 Å². The molecule has 1 aliphatic rings. The van der Waals surface area contributed by atoms with E-state index in [0.29, 0.717) is 0 Å². The van der Waals surface area contributed by atoms with Crippen LogP contribution in [0.25, 0.3) is 0 Å². The van der Waals surface area contributed by atoms with Crippen LogP contribution in [-0.4, -0.2) is 26.4 Å². The Hall–Kier alpha value is -2.52. The molecule has 0 radical (unpaired) electrons. The molecule has 1 aliphatic carbocycles. The molecule has 1 fully saturated rings. The Labute approximate surface area is 144 Å². The van der Waals surface area contributed by atoms with Gasteiger partial charge >= 0.3 is 0 Å². The first-order valence-electron chi connectivity index (χ1n) is 7.56. The molecule has 0 aliphatic heterocycles. The SMILES string of the molecule is CNS(=O)(=O)c1ccc(N[C@@H]2C[C@H]2c2ccc(F)cc2)c([N+](=O)[O-])c1. The lowest BCUT2D eigenvalue weighted by molar-refractivity contribution is -0.384. The van der Waals surface area contributed by atoms with Gasteiger partial charge in [0.15, 0.2) is 0 Å². The Bertz CT molecular complexity index is 915. The van der Waals surface area contributed by atoms with Gasteiger partial charge in [-0.15, -0.1) is 0 Å². The van der Waals surface area contributed by atoms with E-state index >= 15 is 0 Å².